The van der Waals surface area contributed by atoms with E-state index in [2.05, 4.69) is 155 Å². The number of anilines is 4. The summed E-state index contributed by atoms with van der Waals surface area (Å²) in [5.41, 5.74) is 11.1. The Bertz CT molecular complexity index is 2990. The number of nitrogens with zero attached hydrogens (tertiary/aromatic N) is 3. The van der Waals surface area contributed by atoms with E-state index in [9.17, 15) is 0 Å². The van der Waals surface area contributed by atoms with Gasteiger partial charge in [-0.15, -0.1) is 0 Å². The first-order valence-electron chi connectivity index (χ1n) is 18.4. The summed E-state index contributed by atoms with van der Waals surface area (Å²) in [4.78, 5) is 4.90. The van der Waals surface area contributed by atoms with Gasteiger partial charge < -0.3 is 18.8 Å². The molecule has 1 aliphatic carbocycles. The lowest BCUT2D eigenvalue weighted by atomic mass is 9.74. The van der Waals surface area contributed by atoms with Crippen molar-refractivity contribution >= 4 is 66.5 Å². The van der Waals surface area contributed by atoms with Crippen molar-refractivity contribution in [1.82, 2.24) is 4.57 Å². The fourth-order valence-corrected chi connectivity index (χ4v) is 9.10. The first kappa shape index (κ1) is 30.7. The molecule has 0 N–H and O–H groups in total. The molecule has 258 valence electrons. The largest absolute Gasteiger partial charge is 0.456 e. The highest BCUT2D eigenvalue weighted by molar-refractivity contribution is 6.11. The molecule has 2 aromatic heterocycles. The Balaban J connectivity index is 1.19. The zero-order valence-corrected chi connectivity index (χ0v) is 29.5. The van der Waals surface area contributed by atoms with E-state index in [1.165, 1.54) is 11.3 Å². The quantitative estimate of drug-likeness (QED) is 0.179. The summed E-state index contributed by atoms with van der Waals surface area (Å²) in [6.45, 7) is 2.35. The number of halogens is 1. The van der Waals surface area contributed by atoms with Crippen LogP contribution in [0.25, 0.3) is 49.4 Å². The van der Waals surface area contributed by atoms with E-state index in [4.69, 9.17) is 4.42 Å². The third-order valence-electron chi connectivity index (χ3n) is 11.5. The van der Waals surface area contributed by atoms with Gasteiger partial charge in [-0.2, -0.15) is 0 Å². The van der Waals surface area contributed by atoms with E-state index < -0.39 is 0 Å². The Hall–Kier alpha value is -6.85. The molecule has 3 heterocycles. The number of rotatable bonds is 5. The molecule has 5 heteroatoms. The summed E-state index contributed by atoms with van der Waals surface area (Å²) in [6, 6.07) is 56.2. The summed E-state index contributed by atoms with van der Waals surface area (Å²) in [5.74, 6) is -0.257. The maximum Gasteiger partial charge on any atom is 0.135 e. The van der Waals surface area contributed by atoms with Crippen molar-refractivity contribution in [3.8, 4) is 5.69 Å². The summed E-state index contributed by atoms with van der Waals surface area (Å²) in [6.07, 6.45) is 6.83. The second kappa shape index (κ2) is 11.6. The normalized spacial score (nSPS) is 17.7. The fraction of sp³-hybridized carbons (Fsp3) is 0.0612. The minimum atomic E-state index is -0.336. The Kier molecular flexibility index (Phi) is 6.59. The van der Waals surface area contributed by atoms with E-state index in [1.807, 2.05) is 36.4 Å². The highest BCUT2D eigenvalue weighted by atomic mass is 19.1. The fourth-order valence-electron chi connectivity index (χ4n) is 9.10. The molecule has 2 atom stereocenters. The van der Waals surface area contributed by atoms with Gasteiger partial charge in [-0.05, 0) is 110 Å². The lowest BCUT2D eigenvalue weighted by molar-refractivity contribution is 0.523. The zero-order chi connectivity index (χ0) is 36.0. The van der Waals surface area contributed by atoms with Crippen LogP contribution < -0.4 is 9.80 Å². The van der Waals surface area contributed by atoms with E-state index in [-0.39, 0.29) is 17.3 Å². The van der Waals surface area contributed by atoms with Crippen molar-refractivity contribution in [2.24, 2.45) is 0 Å². The van der Waals surface area contributed by atoms with Gasteiger partial charge in [0.2, 0.25) is 0 Å². The molecular formula is C49H34FN3O. The van der Waals surface area contributed by atoms with E-state index in [0.29, 0.717) is 0 Å². The Morgan fingerprint density at radius 2 is 1.22 bits per heavy atom. The van der Waals surface area contributed by atoms with Crippen LogP contribution in [0.5, 0.6) is 0 Å². The molecule has 7 aromatic carbocycles. The van der Waals surface area contributed by atoms with Gasteiger partial charge in [0.05, 0.1) is 17.1 Å². The van der Waals surface area contributed by atoms with Gasteiger partial charge in [-0.1, -0.05) is 84.9 Å². The summed E-state index contributed by atoms with van der Waals surface area (Å²) in [7, 11) is 0. The van der Waals surface area contributed by atoms with E-state index >= 15 is 4.39 Å². The molecule has 2 unspecified atom stereocenters. The standard InChI is InChI=1S/C49H34FN3O/c1-49-28-12-20-45(48(49)53(34-15-6-3-7-16-34)44-19-10-9-18-41(44)49)51(36-24-27-47-40(31-36)37-17-8-11-21-46(37)54-47)35-23-26-43-39(30-35)38-29-32(50)22-25-42(38)52(43)33-13-4-2-5-14-33/h2-31,48H,1H3. The topological polar surface area (TPSA) is 24.6 Å². The van der Waals surface area contributed by atoms with Crippen molar-refractivity contribution in [2.45, 2.75) is 18.4 Å². The predicted molar refractivity (Wildman–Crippen MR) is 220 cm³/mol. The van der Waals surface area contributed by atoms with Crippen LogP contribution in [0.4, 0.5) is 27.1 Å². The van der Waals surface area contributed by atoms with Crippen LogP contribution in [0, 0.1) is 5.82 Å². The zero-order valence-electron chi connectivity index (χ0n) is 29.5. The van der Waals surface area contributed by atoms with Crippen LogP contribution in [-0.4, -0.2) is 10.6 Å². The predicted octanol–water partition coefficient (Wildman–Crippen LogP) is 12.9. The highest BCUT2D eigenvalue weighted by Crippen LogP contribution is 2.55. The molecular weight excluding hydrogens is 666 g/mol. The van der Waals surface area contributed by atoms with E-state index in [0.717, 1.165) is 72.2 Å². The first-order chi connectivity index (χ1) is 26.6. The second-order valence-corrected chi connectivity index (χ2v) is 14.5. The van der Waals surface area contributed by atoms with E-state index in [1.54, 1.807) is 12.1 Å². The van der Waals surface area contributed by atoms with Crippen molar-refractivity contribution < 1.29 is 8.81 Å². The number of aromatic nitrogens is 1. The maximum atomic E-state index is 15.1. The molecule has 0 fully saturated rings. The Morgan fingerprint density at radius 3 is 2.04 bits per heavy atom. The Labute approximate surface area is 311 Å². The second-order valence-electron chi connectivity index (χ2n) is 14.5. The highest BCUT2D eigenvalue weighted by Gasteiger charge is 2.51. The van der Waals surface area contributed by atoms with Crippen LogP contribution in [0.15, 0.2) is 192 Å². The number of fused-ring (bicyclic) bond motifs is 9. The lowest BCUT2D eigenvalue weighted by Gasteiger charge is -2.43. The molecule has 11 rings (SSSR count). The molecule has 0 saturated heterocycles. The molecule has 0 spiro atoms. The monoisotopic (exact) mass is 699 g/mol. The number of hydrogen-bond acceptors (Lipinski definition) is 3. The van der Waals surface area contributed by atoms with Gasteiger partial charge in [0.25, 0.3) is 0 Å². The SMILES string of the molecule is CC12C=CC=C(N(c3ccc4oc5ccccc5c4c3)c3ccc4c(c3)c3cc(F)ccc3n4-c3ccccc3)C1N(c1ccccc1)c1ccccc12. The Morgan fingerprint density at radius 1 is 0.593 bits per heavy atom. The average Bonchev–Trinajstić information content (AvgIpc) is 3.84. The molecule has 4 nitrogen and oxygen atoms in total. The molecule has 0 saturated carbocycles. The molecule has 9 aromatic rings. The third-order valence-corrected chi connectivity index (χ3v) is 11.5. The average molecular weight is 700 g/mol. The van der Waals surface area contributed by atoms with Crippen LogP contribution >= 0.6 is 0 Å². The first-order valence-corrected chi connectivity index (χ1v) is 18.4. The van der Waals surface area contributed by atoms with Gasteiger partial charge in [0.15, 0.2) is 0 Å². The minimum Gasteiger partial charge on any atom is -0.456 e. The van der Waals surface area contributed by atoms with Crippen LogP contribution in [0.2, 0.25) is 0 Å². The van der Waals surface area contributed by atoms with Gasteiger partial charge in [0.1, 0.15) is 17.0 Å². The number of hydrogen-bond donors (Lipinski definition) is 0. The molecule has 0 amide bonds. The summed E-state index contributed by atoms with van der Waals surface area (Å²) < 4.78 is 23.6. The maximum absolute atomic E-state index is 15.1. The third kappa shape index (κ3) is 4.42. The molecule has 0 bridgehead atoms. The number of furan rings is 1. The van der Waals surface area contributed by atoms with Gasteiger partial charge in [-0.25, -0.2) is 4.39 Å². The van der Waals surface area contributed by atoms with Crippen molar-refractivity contribution in [3.05, 3.63) is 199 Å². The van der Waals surface area contributed by atoms with Crippen LogP contribution in [0.3, 0.4) is 0 Å². The smallest absolute Gasteiger partial charge is 0.135 e. The number of allylic oxidation sites excluding steroid dienone is 2. The van der Waals surface area contributed by atoms with Crippen molar-refractivity contribution in [3.63, 3.8) is 0 Å². The van der Waals surface area contributed by atoms with Crippen LogP contribution in [0.1, 0.15) is 12.5 Å². The van der Waals surface area contributed by atoms with Crippen molar-refractivity contribution in [1.29, 1.82) is 0 Å². The number of benzene rings is 7. The summed E-state index contributed by atoms with van der Waals surface area (Å²) >= 11 is 0. The van der Waals surface area contributed by atoms with Crippen LogP contribution in [-0.2, 0) is 5.41 Å². The van der Waals surface area contributed by atoms with Crippen molar-refractivity contribution in [2.75, 3.05) is 9.80 Å². The number of para-hydroxylation sites is 4. The summed E-state index contributed by atoms with van der Waals surface area (Å²) in [5, 5.41) is 3.98. The minimum absolute atomic E-state index is 0.0853. The molecule has 1 aliphatic heterocycles. The molecule has 2 aliphatic rings. The molecule has 54 heavy (non-hydrogen) atoms. The lowest BCUT2D eigenvalue weighted by Crippen LogP contribution is -2.46. The van der Waals surface area contributed by atoms with Gasteiger partial charge in [0, 0.05) is 61.1 Å². The van der Waals surface area contributed by atoms with Gasteiger partial charge in [-0.3, -0.25) is 0 Å². The van der Waals surface area contributed by atoms with Gasteiger partial charge >= 0.3 is 0 Å². The molecule has 0 radical (unpaired) electrons.